The normalized spacial score (nSPS) is 23.4. The summed E-state index contributed by atoms with van der Waals surface area (Å²) in [6.45, 7) is 3.01. The maximum Gasteiger partial charge on any atom is 0.252 e. The Labute approximate surface area is 135 Å². The number of amides is 1. The van der Waals surface area contributed by atoms with Gasteiger partial charge in [0.1, 0.15) is 5.78 Å². The number of carbonyl (C=O) groups is 2. The van der Waals surface area contributed by atoms with Crippen molar-refractivity contribution >= 4 is 23.0 Å². The molecule has 2 saturated carbocycles. The van der Waals surface area contributed by atoms with Crippen molar-refractivity contribution in [2.75, 3.05) is 6.54 Å². The maximum atomic E-state index is 12.7. The molecule has 0 radical (unpaired) electrons. The molecule has 0 aliphatic heterocycles. The van der Waals surface area contributed by atoms with Crippen LogP contribution in [0.4, 0.5) is 0 Å². The second kappa shape index (κ2) is 5.48. The van der Waals surface area contributed by atoms with Crippen molar-refractivity contribution in [3.63, 3.8) is 0 Å². The number of aryl methyl sites for hydroxylation is 1. The minimum atomic E-state index is 0.0664. The fourth-order valence-corrected chi connectivity index (χ4v) is 4.92. The lowest BCUT2D eigenvalue weighted by Crippen LogP contribution is -2.27. The summed E-state index contributed by atoms with van der Waals surface area (Å²) in [4.78, 5) is 27.3. The predicted octanol–water partition coefficient (Wildman–Crippen LogP) is 3.46. The van der Waals surface area contributed by atoms with Gasteiger partial charge in [-0.25, -0.2) is 0 Å². The first kappa shape index (κ1) is 14.4. The maximum absolute atomic E-state index is 12.7. The highest BCUT2D eigenvalue weighted by Crippen LogP contribution is 2.43. The van der Waals surface area contributed by atoms with Gasteiger partial charge in [0.05, 0.1) is 5.56 Å². The molecule has 22 heavy (non-hydrogen) atoms. The number of Topliss-reactive ketones (excluding diaryl/α,β-unsaturated/α-hetero) is 1. The van der Waals surface area contributed by atoms with E-state index in [2.05, 4.69) is 12.2 Å². The molecule has 0 aromatic carbocycles. The van der Waals surface area contributed by atoms with E-state index in [-0.39, 0.29) is 11.8 Å². The van der Waals surface area contributed by atoms with Crippen LogP contribution in [0.25, 0.3) is 0 Å². The summed E-state index contributed by atoms with van der Waals surface area (Å²) in [5, 5.41) is 3.11. The summed E-state index contributed by atoms with van der Waals surface area (Å²) >= 11 is 1.72. The first-order valence-corrected chi connectivity index (χ1v) is 9.40. The summed E-state index contributed by atoms with van der Waals surface area (Å²) in [5.41, 5.74) is 2.11. The van der Waals surface area contributed by atoms with Crippen LogP contribution in [-0.2, 0) is 17.6 Å². The van der Waals surface area contributed by atoms with Crippen LogP contribution < -0.4 is 5.32 Å². The molecule has 0 saturated heterocycles. The van der Waals surface area contributed by atoms with Gasteiger partial charge in [0.25, 0.3) is 5.91 Å². The van der Waals surface area contributed by atoms with Crippen molar-refractivity contribution in [2.45, 2.75) is 57.8 Å². The molecule has 1 amide bonds. The van der Waals surface area contributed by atoms with Crippen LogP contribution in [0.3, 0.4) is 0 Å². The van der Waals surface area contributed by atoms with Gasteiger partial charge < -0.3 is 5.32 Å². The number of nitrogens with one attached hydrogen (secondary N) is 1. The van der Waals surface area contributed by atoms with Gasteiger partial charge in [-0.1, -0.05) is 6.92 Å². The summed E-state index contributed by atoms with van der Waals surface area (Å²) in [5.74, 6) is 1.82. The van der Waals surface area contributed by atoms with Crippen LogP contribution in [0, 0.1) is 11.8 Å². The van der Waals surface area contributed by atoms with Crippen LogP contribution in [-0.4, -0.2) is 18.2 Å². The Hall–Kier alpha value is -1.16. The van der Waals surface area contributed by atoms with Gasteiger partial charge >= 0.3 is 0 Å². The predicted molar refractivity (Wildman–Crippen MR) is 87.5 cm³/mol. The van der Waals surface area contributed by atoms with Gasteiger partial charge in [-0.2, -0.15) is 0 Å². The highest BCUT2D eigenvalue weighted by atomic mass is 32.1. The summed E-state index contributed by atoms with van der Waals surface area (Å²) in [6.07, 6.45) is 7.26. The fourth-order valence-electron chi connectivity index (χ4n) is 3.47. The van der Waals surface area contributed by atoms with Crippen molar-refractivity contribution in [3.05, 3.63) is 20.9 Å². The Balaban J connectivity index is 1.60. The zero-order valence-corrected chi connectivity index (χ0v) is 13.9. The molecule has 0 unspecified atom stereocenters. The number of thiophene rings is 1. The summed E-state index contributed by atoms with van der Waals surface area (Å²) in [7, 11) is 0. The monoisotopic (exact) mass is 317 g/mol. The minimum absolute atomic E-state index is 0.0664. The highest BCUT2D eigenvalue weighted by molar-refractivity contribution is 7.12. The molecule has 0 spiro atoms. The number of hydrogen-bond acceptors (Lipinski definition) is 3. The Morgan fingerprint density at radius 1 is 1.18 bits per heavy atom. The zero-order chi connectivity index (χ0) is 15.3. The smallest absolute Gasteiger partial charge is 0.252 e. The van der Waals surface area contributed by atoms with Crippen LogP contribution >= 0.6 is 11.3 Å². The van der Waals surface area contributed by atoms with E-state index in [1.54, 1.807) is 11.3 Å². The molecule has 1 atom stereocenters. The number of ketones is 1. The lowest BCUT2D eigenvalue weighted by atomic mass is 9.98. The molecule has 4 heteroatoms. The van der Waals surface area contributed by atoms with Crippen molar-refractivity contribution in [3.8, 4) is 0 Å². The first-order valence-electron chi connectivity index (χ1n) is 8.58. The Morgan fingerprint density at radius 2 is 1.95 bits per heavy atom. The van der Waals surface area contributed by atoms with Crippen LogP contribution in [0.15, 0.2) is 0 Å². The van der Waals surface area contributed by atoms with Gasteiger partial charge in [-0.3, -0.25) is 9.59 Å². The topological polar surface area (TPSA) is 46.2 Å². The van der Waals surface area contributed by atoms with Crippen LogP contribution in [0.5, 0.6) is 0 Å². The Bertz CT molecular complexity index is 625. The lowest BCUT2D eigenvalue weighted by molar-refractivity contribution is -0.119. The number of carbonyl (C=O) groups excluding carboxylic acids is 2. The quantitative estimate of drug-likeness (QED) is 0.873. The van der Waals surface area contributed by atoms with Crippen molar-refractivity contribution < 1.29 is 9.59 Å². The molecule has 0 bridgehead atoms. The molecule has 3 aliphatic carbocycles. The molecule has 2 fully saturated rings. The van der Waals surface area contributed by atoms with E-state index < -0.39 is 0 Å². The van der Waals surface area contributed by atoms with Gasteiger partial charge in [-0.05, 0) is 55.9 Å². The third-order valence-electron chi connectivity index (χ3n) is 5.23. The van der Waals surface area contributed by atoms with Gasteiger partial charge in [-0.15, -0.1) is 11.3 Å². The van der Waals surface area contributed by atoms with Crippen molar-refractivity contribution in [2.24, 2.45) is 11.8 Å². The largest absolute Gasteiger partial charge is 0.352 e. The molecule has 1 aromatic rings. The minimum Gasteiger partial charge on any atom is -0.352 e. The SMILES string of the molecule is C[C@@H]1CCc2sc(CC(=O)C3CC3)c(C(=O)NCC3CC3)c21. The summed E-state index contributed by atoms with van der Waals surface area (Å²) < 4.78 is 0. The molecular weight excluding hydrogens is 294 g/mol. The van der Waals surface area contributed by atoms with Crippen molar-refractivity contribution in [1.29, 1.82) is 0 Å². The Kier molecular flexibility index (Phi) is 3.60. The molecule has 1 N–H and O–H groups in total. The fraction of sp³-hybridized carbons (Fsp3) is 0.667. The van der Waals surface area contributed by atoms with E-state index in [0.29, 0.717) is 24.0 Å². The molecule has 1 heterocycles. The first-order chi connectivity index (χ1) is 10.6. The van der Waals surface area contributed by atoms with E-state index in [1.807, 2.05) is 0 Å². The van der Waals surface area contributed by atoms with Crippen molar-refractivity contribution in [1.82, 2.24) is 5.32 Å². The lowest BCUT2D eigenvalue weighted by Gasteiger charge is -2.10. The Morgan fingerprint density at radius 3 is 2.64 bits per heavy atom. The average Bonchev–Trinajstić information content (AvgIpc) is 3.39. The molecule has 118 valence electrons. The van der Waals surface area contributed by atoms with E-state index in [9.17, 15) is 9.59 Å². The van der Waals surface area contributed by atoms with E-state index >= 15 is 0 Å². The van der Waals surface area contributed by atoms with E-state index in [4.69, 9.17) is 0 Å². The number of hydrogen-bond donors (Lipinski definition) is 1. The molecule has 1 aromatic heterocycles. The number of fused-ring (bicyclic) bond motifs is 1. The van der Waals surface area contributed by atoms with Gasteiger partial charge in [0.15, 0.2) is 0 Å². The second-order valence-electron chi connectivity index (χ2n) is 7.25. The molecule has 3 aliphatic rings. The number of rotatable bonds is 6. The molecule has 3 nitrogen and oxygen atoms in total. The zero-order valence-electron chi connectivity index (χ0n) is 13.1. The van der Waals surface area contributed by atoms with E-state index in [1.165, 1.54) is 23.3 Å². The highest BCUT2D eigenvalue weighted by Gasteiger charge is 2.35. The van der Waals surface area contributed by atoms with Gasteiger partial charge in [0, 0.05) is 28.6 Å². The second-order valence-corrected chi connectivity index (χ2v) is 8.44. The molecule has 4 rings (SSSR count). The molecular formula is C18H23NO2S. The third kappa shape index (κ3) is 2.73. The van der Waals surface area contributed by atoms with Crippen LogP contribution in [0.1, 0.15) is 70.6 Å². The standard InChI is InChI=1S/C18H23NO2S/c1-10-2-7-14-16(10)17(18(21)19-9-11-3-4-11)15(22-14)8-13(20)12-5-6-12/h10-12H,2-9H2,1H3,(H,19,21)/t10-/m1/s1. The van der Waals surface area contributed by atoms with E-state index in [0.717, 1.165) is 42.7 Å². The summed E-state index contributed by atoms with van der Waals surface area (Å²) in [6, 6.07) is 0. The van der Waals surface area contributed by atoms with Crippen LogP contribution in [0.2, 0.25) is 0 Å². The third-order valence-corrected chi connectivity index (χ3v) is 6.50. The average molecular weight is 317 g/mol. The van der Waals surface area contributed by atoms with Gasteiger partial charge in [0.2, 0.25) is 0 Å².